The summed E-state index contributed by atoms with van der Waals surface area (Å²) in [6.45, 7) is 0.501. The highest BCUT2D eigenvalue weighted by atomic mass is 35.5. The lowest BCUT2D eigenvalue weighted by atomic mass is 9.97. The number of piperidine rings is 1. The number of thiophene rings is 1. The van der Waals surface area contributed by atoms with E-state index in [4.69, 9.17) is 20.8 Å². The Hall–Kier alpha value is -2.47. The first-order chi connectivity index (χ1) is 15.3. The Morgan fingerprint density at radius 2 is 1.94 bits per heavy atom. The van der Waals surface area contributed by atoms with Gasteiger partial charge in [0.15, 0.2) is 0 Å². The molecule has 12 heteroatoms. The molecule has 3 heterocycles. The third kappa shape index (κ3) is 5.12. The molecule has 0 aliphatic carbocycles. The van der Waals surface area contributed by atoms with E-state index in [-0.39, 0.29) is 35.8 Å². The molecule has 4 rings (SSSR count). The monoisotopic (exact) mass is 496 g/mol. The van der Waals surface area contributed by atoms with E-state index in [9.17, 15) is 13.2 Å². The molecule has 1 fully saturated rings. The number of amides is 1. The number of carbonyl (C=O) groups excluding carboxylic acids is 1. The normalized spacial score (nSPS) is 15.6. The molecular formula is C20H21ClN4O5S2. The third-order valence-corrected chi connectivity index (χ3v) is 8.32. The lowest BCUT2D eigenvalue weighted by Crippen LogP contribution is -2.41. The predicted octanol–water partition coefficient (Wildman–Crippen LogP) is 3.42. The van der Waals surface area contributed by atoms with Crippen molar-refractivity contribution in [2.75, 3.05) is 25.5 Å². The van der Waals surface area contributed by atoms with Gasteiger partial charge in [0.2, 0.25) is 21.8 Å². The van der Waals surface area contributed by atoms with E-state index in [0.717, 1.165) is 4.88 Å². The Balaban J connectivity index is 1.31. The van der Waals surface area contributed by atoms with Crippen LogP contribution >= 0.6 is 22.9 Å². The van der Waals surface area contributed by atoms with Gasteiger partial charge in [0.1, 0.15) is 5.75 Å². The summed E-state index contributed by atoms with van der Waals surface area (Å²) in [5.41, 5.74) is 0. The molecule has 2 aromatic heterocycles. The van der Waals surface area contributed by atoms with Crippen LogP contribution in [0.5, 0.6) is 5.75 Å². The van der Waals surface area contributed by atoms with Crippen molar-refractivity contribution in [2.24, 2.45) is 5.92 Å². The minimum atomic E-state index is -3.62. The first-order valence-electron chi connectivity index (χ1n) is 9.87. The van der Waals surface area contributed by atoms with Crippen LogP contribution in [0.15, 0.2) is 45.7 Å². The number of carbonyl (C=O) groups is 1. The van der Waals surface area contributed by atoms with Crippen LogP contribution in [-0.4, -0.2) is 49.0 Å². The predicted molar refractivity (Wildman–Crippen MR) is 120 cm³/mol. The van der Waals surface area contributed by atoms with Crippen LogP contribution in [0.25, 0.3) is 0 Å². The van der Waals surface area contributed by atoms with Crippen molar-refractivity contribution in [1.29, 1.82) is 0 Å². The number of aromatic nitrogens is 2. The van der Waals surface area contributed by atoms with Gasteiger partial charge in [0.25, 0.3) is 0 Å². The summed E-state index contributed by atoms with van der Waals surface area (Å²) in [6.07, 6.45) is 1.23. The molecule has 1 aliphatic heterocycles. The fourth-order valence-corrected chi connectivity index (χ4v) is 5.98. The molecule has 0 unspecified atom stereocenters. The van der Waals surface area contributed by atoms with Gasteiger partial charge < -0.3 is 9.15 Å². The van der Waals surface area contributed by atoms with Gasteiger partial charge in [-0.1, -0.05) is 16.7 Å². The number of nitrogens with one attached hydrogen (secondary N) is 1. The van der Waals surface area contributed by atoms with Crippen LogP contribution in [0.4, 0.5) is 6.01 Å². The molecule has 3 aromatic rings. The number of benzene rings is 1. The quantitative estimate of drug-likeness (QED) is 0.532. The van der Waals surface area contributed by atoms with Crippen molar-refractivity contribution in [3.05, 3.63) is 51.5 Å². The fourth-order valence-electron chi connectivity index (χ4n) is 3.43. The number of halogens is 1. The molecule has 0 saturated carbocycles. The number of rotatable bonds is 7. The Morgan fingerprint density at radius 3 is 2.56 bits per heavy atom. The maximum Gasteiger partial charge on any atom is 0.322 e. The van der Waals surface area contributed by atoms with Gasteiger partial charge in [-0.25, -0.2) is 8.42 Å². The molecule has 0 radical (unpaired) electrons. The molecule has 1 amide bonds. The first-order valence-corrected chi connectivity index (χ1v) is 12.5. The van der Waals surface area contributed by atoms with E-state index < -0.39 is 10.0 Å². The second kappa shape index (κ2) is 9.57. The Labute approximate surface area is 194 Å². The van der Waals surface area contributed by atoms with Crippen molar-refractivity contribution in [1.82, 2.24) is 14.5 Å². The van der Waals surface area contributed by atoms with Gasteiger partial charge in [-0.05, 0) is 49.2 Å². The van der Waals surface area contributed by atoms with Crippen molar-refractivity contribution in [3.63, 3.8) is 0 Å². The van der Waals surface area contributed by atoms with E-state index in [1.807, 2.05) is 6.07 Å². The maximum atomic E-state index is 12.9. The minimum absolute atomic E-state index is 0.0286. The van der Waals surface area contributed by atoms with Crippen LogP contribution in [0.1, 0.15) is 23.6 Å². The lowest BCUT2D eigenvalue weighted by Gasteiger charge is -2.30. The fraction of sp³-hybridized carbons (Fsp3) is 0.350. The second-order valence-electron chi connectivity index (χ2n) is 7.23. The van der Waals surface area contributed by atoms with Gasteiger partial charge in [0.05, 0.1) is 22.8 Å². The van der Waals surface area contributed by atoms with Crippen LogP contribution in [0.2, 0.25) is 4.34 Å². The number of hydrogen-bond donors (Lipinski definition) is 1. The standard InChI is InChI=1S/C20H21ClN4O5S2/c1-29-14-2-5-16(6-3-14)32(27,28)25-10-8-13(9-11-25)19(26)22-20-24-23-18(30-20)12-15-4-7-17(21)31-15/h2-7,13H,8-12H2,1H3,(H,22,24,26). The maximum absolute atomic E-state index is 12.9. The summed E-state index contributed by atoms with van der Waals surface area (Å²) in [5, 5.41) is 10.5. The number of methoxy groups -OCH3 is 1. The minimum Gasteiger partial charge on any atom is -0.497 e. The summed E-state index contributed by atoms with van der Waals surface area (Å²) in [5.74, 6) is 0.353. The SMILES string of the molecule is COc1ccc(S(=O)(=O)N2CCC(C(=O)Nc3nnc(Cc4ccc(Cl)s4)o3)CC2)cc1. The van der Waals surface area contributed by atoms with E-state index in [1.54, 1.807) is 18.2 Å². The number of sulfonamides is 1. The summed E-state index contributed by atoms with van der Waals surface area (Å²) >= 11 is 7.34. The molecule has 170 valence electrons. The van der Waals surface area contributed by atoms with Gasteiger partial charge in [-0.15, -0.1) is 16.4 Å². The van der Waals surface area contributed by atoms with Crippen LogP contribution < -0.4 is 10.1 Å². The molecule has 0 atom stereocenters. The van der Waals surface area contributed by atoms with Crippen LogP contribution in [0.3, 0.4) is 0 Å². The largest absolute Gasteiger partial charge is 0.497 e. The highest BCUT2D eigenvalue weighted by molar-refractivity contribution is 7.89. The molecule has 0 bridgehead atoms. The Morgan fingerprint density at radius 1 is 1.22 bits per heavy atom. The topological polar surface area (TPSA) is 115 Å². The summed E-state index contributed by atoms with van der Waals surface area (Å²) < 4.78 is 38.4. The molecule has 0 spiro atoms. The van der Waals surface area contributed by atoms with Gasteiger partial charge in [-0.3, -0.25) is 10.1 Å². The molecule has 9 nitrogen and oxygen atoms in total. The molecular weight excluding hydrogens is 476 g/mol. The highest BCUT2D eigenvalue weighted by Gasteiger charge is 2.32. The Kier molecular flexibility index (Phi) is 6.79. The van der Waals surface area contributed by atoms with Crippen molar-refractivity contribution in [3.8, 4) is 5.75 Å². The van der Waals surface area contributed by atoms with Crippen LogP contribution in [-0.2, 0) is 21.2 Å². The molecule has 1 saturated heterocycles. The summed E-state index contributed by atoms with van der Waals surface area (Å²) in [7, 11) is -2.10. The van der Waals surface area contributed by atoms with E-state index in [1.165, 1.54) is 34.9 Å². The first kappa shape index (κ1) is 22.7. The van der Waals surface area contributed by atoms with Crippen molar-refractivity contribution < 1.29 is 22.4 Å². The summed E-state index contributed by atoms with van der Waals surface area (Å²) in [6, 6.07) is 9.96. The molecule has 1 aromatic carbocycles. The van der Waals surface area contributed by atoms with E-state index in [0.29, 0.717) is 35.2 Å². The summed E-state index contributed by atoms with van der Waals surface area (Å²) in [4.78, 5) is 13.8. The average molecular weight is 497 g/mol. The van der Waals surface area contributed by atoms with Gasteiger partial charge in [-0.2, -0.15) is 4.31 Å². The van der Waals surface area contributed by atoms with Gasteiger partial charge >= 0.3 is 6.01 Å². The molecule has 32 heavy (non-hydrogen) atoms. The lowest BCUT2D eigenvalue weighted by molar-refractivity contribution is -0.121. The van der Waals surface area contributed by atoms with Crippen LogP contribution in [0, 0.1) is 5.92 Å². The van der Waals surface area contributed by atoms with Crippen molar-refractivity contribution in [2.45, 2.75) is 24.2 Å². The second-order valence-corrected chi connectivity index (χ2v) is 11.0. The zero-order valence-electron chi connectivity index (χ0n) is 17.2. The molecule has 1 N–H and O–H groups in total. The smallest absolute Gasteiger partial charge is 0.322 e. The number of anilines is 1. The van der Waals surface area contributed by atoms with Crippen molar-refractivity contribution >= 4 is 44.9 Å². The average Bonchev–Trinajstić information content (AvgIpc) is 3.42. The highest BCUT2D eigenvalue weighted by Crippen LogP contribution is 2.27. The molecule has 1 aliphatic rings. The number of hydrogen-bond acceptors (Lipinski definition) is 8. The third-order valence-electron chi connectivity index (χ3n) is 5.17. The zero-order valence-corrected chi connectivity index (χ0v) is 19.5. The number of ether oxygens (including phenoxy) is 1. The number of nitrogens with zero attached hydrogens (tertiary/aromatic N) is 3. The zero-order chi connectivity index (χ0) is 22.7. The van der Waals surface area contributed by atoms with Gasteiger partial charge in [0, 0.05) is 23.9 Å². The van der Waals surface area contributed by atoms with E-state index in [2.05, 4.69) is 15.5 Å². The van der Waals surface area contributed by atoms with E-state index >= 15 is 0 Å². The Bertz CT molecular complexity index is 1180.